The van der Waals surface area contributed by atoms with Crippen LogP contribution in [0.15, 0.2) is 36.4 Å². The molecule has 1 fully saturated rings. The summed E-state index contributed by atoms with van der Waals surface area (Å²) in [5.74, 6) is -0.762. The van der Waals surface area contributed by atoms with Crippen molar-refractivity contribution in [3.8, 4) is 0 Å². The number of hydrogen-bond acceptors (Lipinski definition) is 3. The van der Waals surface area contributed by atoms with Gasteiger partial charge < -0.3 is 10.6 Å². The van der Waals surface area contributed by atoms with E-state index in [2.05, 4.69) is 15.5 Å². The molecule has 0 bridgehead atoms. The van der Waals surface area contributed by atoms with Gasteiger partial charge in [0.15, 0.2) is 0 Å². The predicted octanol–water partition coefficient (Wildman–Crippen LogP) is 5.44. The highest BCUT2D eigenvalue weighted by molar-refractivity contribution is 6.42. The van der Waals surface area contributed by atoms with E-state index in [0.717, 1.165) is 38.0 Å². The summed E-state index contributed by atoms with van der Waals surface area (Å²) >= 11 is 12.0. The molecule has 3 rings (SSSR count). The number of benzene rings is 2. The average molecular weight is 494 g/mol. The van der Waals surface area contributed by atoms with Crippen LogP contribution in [0.4, 0.5) is 10.1 Å². The number of piperidine rings is 1. The van der Waals surface area contributed by atoms with E-state index in [-0.39, 0.29) is 45.3 Å². The van der Waals surface area contributed by atoms with Crippen LogP contribution in [-0.4, -0.2) is 35.3 Å². The van der Waals surface area contributed by atoms with Crippen molar-refractivity contribution in [2.45, 2.75) is 52.1 Å². The summed E-state index contributed by atoms with van der Waals surface area (Å²) in [4.78, 5) is 27.2. The first kappa shape index (κ1) is 25.5. The molecule has 33 heavy (non-hydrogen) atoms. The van der Waals surface area contributed by atoms with Crippen molar-refractivity contribution in [1.82, 2.24) is 10.2 Å². The molecule has 2 aromatic carbocycles. The smallest absolute Gasteiger partial charge is 0.228 e. The Balaban J connectivity index is 1.54. The first-order valence-electron chi connectivity index (χ1n) is 11.1. The molecule has 1 saturated heterocycles. The van der Waals surface area contributed by atoms with Crippen molar-refractivity contribution in [3.63, 3.8) is 0 Å². The van der Waals surface area contributed by atoms with Gasteiger partial charge in [-0.3, -0.25) is 14.5 Å². The summed E-state index contributed by atoms with van der Waals surface area (Å²) in [6.45, 7) is 8.38. The quantitative estimate of drug-likeness (QED) is 0.526. The van der Waals surface area contributed by atoms with Crippen molar-refractivity contribution in [3.05, 3.63) is 63.4 Å². The monoisotopic (exact) mass is 493 g/mol. The Kier molecular flexibility index (Phi) is 8.38. The highest BCUT2D eigenvalue weighted by Crippen LogP contribution is 2.28. The number of carbonyl (C=O) groups excluding carboxylic acids is 2. The summed E-state index contributed by atoms with van der Waals surface area (Å²) in [5.41, 5.74) is 1.55. The molecule has 5 nitrogen and oxygen atoms in total. The number of rotatable bonds is 6. The van der Waals surface area contributed by atoms with Gasteiger partial charge in [0.25, 0.3) is 0 Å². The first-order chi connectivity index (χ1) is 15.5. The van der Waals surface area contributed by atoms with Crippen LogP contribution in [0.5, 0.6) is 0 Å². The highest BCUT2D eigenvalue weighted by atomic mass is 35.5. The minimum atomic E-state index is -0.562. The average Bonchev–Trinajstić information content (AvgIpc) is 2.73. The van der Waals surface area contributed by atoms with Crippen molar-refractivity contribution in [2.24, 2.45) is 5.92 Å². The Hall–Kier alpha value is -2.15. The van der Waals surface area contributed by atoms with E-state index in [1.54, 1.807) is 6.07 Å². The van der Waals surface area contributed by atoms with Crippen molar-refractivity contribution in [2.75, 3.05) is 18.4 Å². The molecule has 0 spiro atoms. The van der Waals surface area contributed by atoms with Crippen molar-refractivity contribution < 1.29 is 14.0 Å². The Morgan fingerprint density at radius 2 is 1.82 bits per heavy atom. The lowest BCUT2D eigenvalue weighted by molar-refractivity contribution is -0.128. The van der Waals surface area contributed by atoms with Crippen LogP contribution in [0.3, 0.4) is 0 Å². The van der Waals surface area contributed by atoms with E-state index < -0.39 is 5.82 Å². The summed E-state index contributed by atoms with van der Waals surface area (Å²) in [6.07, 6.45) is 1.44. The van der Waals surface area contributed by atoms with Gasteiger partial charge in [-0.15, -0.1) is 0 Å². The van der Waals surface area contributed by atoms with E-state index in [4.69, 9.17) is 23.2 Å². The van der Waals surface area contributed by atoms with Gasteiger partial charge in [-0.1, -0.05) is 35.3 Å². The molecule has 0 atom stereocenters. The van der Waals surface area contributed by atoms with E-state index in [1.165, 1.54) is 12.1 Å². The van der Waals surface area contributed by atoms with Gasteiger partial charge in [0.2, 0.25) is 11.8 Å². The molecular formula is C25H30Cl2FN3O2. The maximum absolute atomic E-state index is 14.1. The molecule has 2 N–H and O–H groups in total. The van der Waals surface area contributed by atoms with Gasteiger partial charge in [0.05, 0.1) is 16.5 Å². The third-order valence-electron chi connectivity index (χ3n) is 5.55. The molecule has 0 radical (unpaired) electrons. The minimum Gasteiger partial charge on any atom is -0.351 e. The van der Waals surface area contributed by atoms with E-state index in [0.29, 0.717) is 5.69 Å². The molecule has 8 heteroatoms. The van der Waals surface area contributed by atoms with Gasteiger partial charge in [-0.25, -0.2) is 4.39 Å². The third-order valence-corrected chi connectivity index (χ3v) is 6.39. The van der Waals surface area contributed by atoms with Gasteiger partial charge in [-0.2, -0.15) is 0 Å². The molecule has 2 amide bonds. The summed E-state index contributed by atoms with van der Waals surface area (Å²) < 4.78 is 14.1. The van der Waals surface area contributed by atoms with Crippen LogP contribution >= 0.6 is 23.2 Å². The zero-order valence-electron chi connectivity index (χ0n) is 19.2. The second-order valence-corrected chi connectivity index (χ2v) is 10.3. The zero-order valence-corrected chi connectivity index (χ0v) is 20.7. The summed E-state index contributed by atoms with van der Waals surface area (Å²) in [7, 11) is 0. The fraction of sp³-hybridized carbons (Fsp3) is 0.440. The van der Waals surface area contributed by atoms with Crippen LogP contribution in [0.2, 0.25) is 10.0 Å². The number of halogens is 3. The van der Waals surface area contributed by atoms with E-state index >= 15 is 0 Å². The largest absolute Gasteiger partial charge is 0.351 e. The molecule has 1 heterocycles. The maximum atomic E-state index is 14.1. The second-order valence-electron chi connectivity index (χ2n) is 9.54. The van der Waals surface area contributed by atoms with Crippen molar-refractivity contribution in [1.29, 1.82) is 0 Å². The lowest BCUT2D eigenvalue weighted by atomic mass is 9.94. The summed E-state index contributed by atoms with van der Waals surface area (Å²) in [5, 5.41) is 6.14. The molecule has 0 aromatic heterocycles. The molecule has 0 saturated carbocycles. The Morgan fingerprint density at radius 3 is 2.48 bits per heavy atom. The normalized spacial score (nSPS) is 15.3. The van der Waals surface area contributed by atoms with Gasteiger partial charge in [0.1, 0.15) is 5.82 Å². The fourth-order valence-corrected chi connectivity index (χ4v) is 4.32. The number of anilines is 1. The SMILES string of the molecule is CC(C)(C)NC(=O)C1CCN(Cc2cccc(NC(=O)Cc3c(F)ccc(Cl)c3Cl)c2)CC1. The molecule has 1 aliphatic heterocycles. The van der Waals surface area contributed by atoms with Crippen LogP contribution in [-0.2, 0) is 22.6 Å². The number of carbonyl (C=O) groups is 2. The van der Waals surface area contributed by atoms with Gasteiger partial charge in [-0.05, 0) is 76.5 Å². The van der Waals surface area contributed by atoms with Gasteiger partial charge in [0, 0.05) is 29.3 Å². The molecule has 2 aromatic rings. The van der Waals surface area contributed by atoms with Crippen molar-refractivity contribution >= 4 is 40.7 Å². The Labute approximate surface area is 204 Å². The third kappa shape index (κ3) is 7.42. The number of nitrogens with one attached hydrogen (secondary N) is 2. The second kappa shape index (κ2) is 10.9. The Morgan fingerprint density at radius 1 is 1.12 bits per heavy atom. The fourth-order valence-electron chi connectivity index (χ4n) is 3.93. The minimum absolute atomic E-state index is 0.0461. The lowest BCUT2D eigenvalue weighted by Gasteiger charge is -2.33. The molecule has 178 valence electrons. The number of amides is 2. The summed E-state index contributed by atoms with van der Waals surface area (Å²) in [6, 6.07) is 10.1. The highest BCUT2D eigenvalue weighted by Gasteiger charge is 2.27. The lowest BCUT2D eigenvalue weighted by Crippen LogP contribution is -2.46. The number of likely N-dealkylation sites (tertiary alicyclic amines) is 1. The van der Waals surface area contributed by atoms with Crippen LogP contribution in [0.25, 0.3) is 0 Å². The number of hydrogen-bond donors (Lipinski definition) is 2. The van der Waals surface area contributed by atoms with Crippen LogP contribution in [0.1, 0.15) is 44.7 Å². The standard InChI is InChI=1S/C25H30Cl2FN3O2/c1-25(2,3)30-24(33)17-9-11-31(12-10-17)15-16-5-4-6-18(13-16)29-22(32)14-19-21(28)8-7-20(26)23(19)27/h4-8,13,17H,9-12,14-15H2,1-3H3,(H,29,32)(H,30,33). The number of nitrogens with zero attached hydrogens (tertiary/aromatic N) is 1. The molecular weight excluding hydrogens is 464 g/mol. The van der Waals surface area contributed by atoms with Crippen LogP contribution in [0, 0.1) is 11.7 Å². The maximum Gasteiger partial charge on any atom is 0.228 e. The molecule has 0 aliphatic carbocycles. The predicted molar refractivity (Wildman–Crippen MR) is 131 cm³/mol. The Bertz CT molecular complexity index is 1020. The first-order valence-corrected chi connectivity index (χ1v) is 11.8. The molecule has 0 unspecified atom stereocenters. The topological polar surface area (TPSA) is 61.4 Å². The van der Waals surface area contributed by atoms with E-state index in [9.17, 15) is 14.0 Å². The van der Waals surface area contributed by atoms with E-state index in [1.807, 2.05) is 39.0 Å². The zero-order chi connectivity index (χ0) is 24.2. The van der Waals surface area contributed by atoms with Crippen LogP contribution < -0.4 is 10.6 Å². The van der Waals surface area contributed by atoms with Gasteiger partial charge >= 0.3 is 0 Å². The molecule has 1 aliphatic rings.